The topological polar surface area (TPSA) is 77.7 Å². The van der Waals surface area contributed by atoms with E-state index in [1.807, 2.05) is 17.0 Å². The molecule has 1 aliphatic heterocycles. The number of ether oxygens (including phenoxy) is 2. The molecule has 1 unspecified atom stereocenters. The number of nitrogens with two attached hydrogens (primary N) is 1. The summed E-state index contributed by atoms with van der Waals surface area (Å²) in [6.45, 7) is 1.46. The number of carbonyl (C=O) groups excluding carboxylic acids is 1. The number of aromatic nitrogens is 1. The molecule has 0 amide bonds. The van der Waals surface area contributed by atoms with E-state index in [0.717, 1.165) is 0 Å². The standard InChI is InChI=1S/C11H15N3O3/c1-16-11(15)8-7-17-6-5-14(8)10-4-2-3-9(12)13-10/h2-4,8H,5-7H2,1H3,(H2,12,13). The van der Waals surface area contributed by atoms with Gasteiger partial charge in [-0.1, -0.05) is 6.07 Å². The SMILES string of the molecule is COC(=O)C1COCCN1c1cccc(N)n1. The van der Waals surface area contributed by atoms with Gasteiger partial charge in [-0.15, -0.1) is 0 Å². The molecule has 0 radical (unpaired) electrons. The first-order valence-electron chi connectivity index (χ1n) is 5.37. The number of nitrogens with zero attached hydrogens (tertiary/aromatic N) is 2. The molecule has 2 N–H and O–H groups in total. The smallest absolute Gasteiger partial charge is 0.330 e. The summed E-state index contributed by atoms with van der Waals surface area (Å²) in [5.74, 6) is 0.773. The highest BCUT2D eigenvalue weighted by molar-refractivity contribution is 5.80. The Balaban J connectivity index is 2.24. The predicted octanol–water partition coefficient (Wildman–Crippen LogP) is 0.0420. The van der Waals surface area contributed by atoms with Crippen LogP contribution in [0, 0.1) is 0 Å². The molecule has 1 fully saturated rings. The first-order chi connectivity index (χ1) is 8.22. The lowest BCUT2D eigenvalue weighted by Gasteiger charge is -2.34. The summed E-state index contributed by atoms with van der Waals surface area (Å²) < 4.78 is 10.0. The molecule has 0 bridgehead atoms. The second-order valence-corrected chi connectivity index (χ2v) is 3.73. The van der Waals surface area contributed by atoms with Crippen LogP contribution in [0.3, 0.4) is 0 Å². The van der Waals surface area contributed by atoms with Crippen molar-refractivity contribution in [3.05, 3.63) is 18.2 Å². The number of morpholine rings is 1. The van der Waals surface area contributed by atoms with Gasteiger partial charge in [0.15, 0.2) is 6.04 Å². The van der Waals surface area contributed by atoms with Crippen molar-refractivity contribution in [2.45, 2.75) is 6.04 Å². The van der Waals surface area contributed by atoms with Crippen molar-refractivity contribution < 1.29 is 14.3 Å². The largest absolute Gasteiger partial charge is 0.467 e. The second-order valence-electron chi connectivity index (χ2n) is 3.73. The summed E-state index contributed by atoms with van der Waals surface area (Å²) in [6.07, 6.45) is 0. The van der Waals surface area contributed by atoms with E-state index in [-0.39, 0.29) is 5.97 Å². The third-order valence-corrected chi connectivity index (χ3v) is 2.65. The third kappa shape index (κ3) is 2.47. The number of rotatable bonds is 2. The van der Waals surface area contributed by atoms with Gasteiger partial charge in [0, 0.05) is 6.54 Å². The quantitative estimate of drug-likeness (QED) is 0.732. The van der Waals surface area contributed by atoms with Gasteiger partial charge in [-0.3, -0.25) is 0 Å². The maximum Gasteiger partial charge on any atom is 0.330 e. The molecule has 0 saturated carbocycles. The number of hydrogen-bond acceptors (Lipinski definition) is 6. The summed E-state index contributed by atoms with van der Waals surface area (Å²) in [7, 11) is 1.36. The van der Waals surface area contributed by atoms with Crippen LogP contribution in [0.1, 0.15) is 0 Å². The average Bonchev–Trinajstić information content (AvgIpc) is 2.38. The number of methoxy groups -OCH3 is 1. The van der Waals surface area contributed by atoms with Crippen LogP contribution in [-0.4, -0.2) is 43.9 Å². The average molecular weight is 237 g/mol. The van der Waals surface area contributed by atoms with E-state index in [0.29, 0.717) is 31.4 Å². The Bertz CT molecular complexity index is 411. The molecular formula is C11H15N3O3. The zero-order valence-corrected chi connectivity index (χ0v) is 9.63. The number of pyridine rings is 1. The van der Waals surface area contributed by atoms with Gasteiger partial charge in [0.25, 0.3) is 0 Å². The maximum absolute atomic E-state index is 11.6. The van der Waals surface area contributed by atoms with E-state index in [2.05, 4.69) is 4.98 Å². The van der Waals surface area contributed by atoms with Gasteiger partial charge in [-0.25, -0.2) is 9.78 Å². The lowest BCUT2D eigenvalue weighted by Crippen LogP contribution is -2.51. The summed E-state index contributed by atoms with van der Waals surface area (Å²) >= 11 is 0. The van der Waals surface area contributed by atoms with Crippen LogP contribution in [0.2, 0.25) is 0 Å². The highest BCUT2D eigenvalue weighted by Crippen LogP contribution is 2.19. The predicted molar refractivity (Wildman–Crippen MR) is 62.6 cm³/mol. The molecule has 0 spiro atoms. The lowest BCUT2D eigenvalue weighted by molar-refractivity contribution is -0.144. The van der Waals surface area contributed by atoms with E-state index in [1.165, 1.54) is 7.11 Å². The summed E-state index contributed by atoms with van der Waals surface area (Å²) in [5.41, 5.74) is 5.63. The van der Waals surface area contributed by atoms with Crippen molar-refractivity contribution in [1.29, 1.82) is 0 Å². The number of hydrogen-bond donors (Lipinski definition) is 1. The molecule has 6 heteroatoms. The van der Waals surface area contributed by atoms with Gasteiger partial charge in [-0.2, -0.15) is 0 Å². The first-order valence-corrected chi connectivity index (χ1v) is 5.37. The minimum atomic E-state index is -0.456. The van der Waals surface area contributed by atoms with Crippen LogP contribution in [0.15, 0.2) is 18.2 Å². The molecule has 2 rings (SSSR count). The monoisotopic (exact) mass is 237 g/mol. The molecule has 2 heterocycles. The molecule has 6 nitrogen and oxygen atoms in total. The van der Waals surface area contributed by atoms with E-state index in [1.54, 1.807) is 6.07 Å². The molecule has 0 aliphatic carbocycles. The van der Waals surface area contributed by atoms with Gasteiger partial charge >= 0.3 is 5.97 Å². The molecule has 1 aromatic rings. The van der Waals surface area contributed by atoms with E-state index >= 15 is 0 Å². The first kappa shape index (κ1) is 11.7. The molecule has 1 aromatic heterocycles. The fourth-order valence-corrected chi connectivity index (χ4v) is 1.81. The van der Waals surface area contributed by atoms with E-state index < -0.39 is 6.04 Å². The minimum absolute atomic E-state index is 0.309. The van der Waals surface area contributed by atoms with Crippen molar-refractivity contribution >= 4 is 17.6 Å². The van der Waals surface area contributed by atoms with Crippen molar-refractivity contribution in [2.75, 3.05) is 37.5 Å². The molecule has 92 valence electrons. The molecule has 17 heavy (non-hydrogen) atoms. The van der Waals surface area contributed by atoms with Crippen molar-refractivity contribution in [3.8, 4) is 0 Å². The van der Waals surface area contributed by atoms with Crippen LogP contribution < -0.4 is 10.6 Å². The number of anilines is 2. The molecule has 1 saturated heterocycles. The van der Waals surface area contributed by atoms with Crippen LogP contribution in [0.5, 0.6) is 0 Å². The Labute approximate surface area is 99.3 Å². The molecule has 0 aromatic carbocycles. The van der Waals surface area contributed by atoms with E-state index in [9.17, 15) is 4.79 Å². The van der Waals surface area contributed by atoms with Crippen LogP contribution in [-0.2, 0) is 14.3 Å². The van der Waals surface area contributed by atoms with Crippen LogP contribution >= 0.6 is 0 Å². The summed E-state index contributed by atoms with van der Waals surface area (Å²) in [4.78, 5) is 17.7. The Morgan fingerprint density at radius 1 is 1.65 bits per heavy atom. The third-order valence-electron chi connectivity index (χ3n) is 2.65. The Hall–Kier alpha value is -1.82. The van der Waals surface area contributed by atoms with Gasteiger partial charge < -0.3 is 20.1 Å². The second kappa shape index (κ2) is 5.01. The fraction of sp³-hybridized carbons (Fsp3) is 0.455. The molecular weight excluding hydrogens is 222 g/mol. The molecule has 1 aliphatic rings. The summed E-state index contributed by atoms with van der Waals surface area (Å²) in [6, 6.07) is 4.87. The highest BCUT2D eigenvalue weighted by Gasteiger charge is 2.31. The zero-order chi connectivity index (χ0) is 12.3. The van der Waals surface area contributed by atoms with Gasteiger partial charge in [0.1, 0.15) is 11.6 Å². The van der Waals surface area contributed by atoms with Crippen LogP contribution in [0.4, 0.5) is 11.6 Å². The Morgan fingerprint density at radius 2 is 2.47 bits per heavy atom. The van der Waals surface area contributed by atoms with Gasteiger partial charge in [-0.05, 0) is 12.1 Å². The van der Waals surface area contributed by atoms with Crippen molar-refractivity contribution in [1.82, 2.24) is 4.98 Å². The zero-order valence-electron chi connectivity index (χ0n) is 9.63. The van der Waals surface area contributed by atoms with E-state index in [4.69, 9.17) is 15.2 Å². The van der Waals surface area contributed by atoms with Gasteiger partial charge in [0.05, 0.1) is 20.3 Å². The minimum Gasteiger partial charge on any atom is -0.467 e. The maximum atomic E-state index is 11.6. The number of carbonyl (C=O) groups is 1. The number of nitrogen functional groups attached to an aromatic ring is 1. The summed E-state index contributed by atoms with van der Waals surface area (Å²) in [5, 5.41) is 0. The van der Waals surface area contributed by atoms with Gasteiger partial charge in [0.2, 0.25) is 0 Å². The van der Waals surface area contributed by atoms with Crippen LogP contribution in [0.25, 0.3) is 0 Å². The fourth-order valence-electron chi connectivity index (χ4n) is 1.81. The normalized spacial score (nSPS) is 20.1. The lowest BCUT2D eigenvalue weighted by atomic mass is 10.2. The number of esters is 1. The highest BCUT2D eigenvalue weighted by atomic mass is 16.5. The Kier molecular flexibility index (Phi) is 3.43. The molecule has 1 atom stereocenters. The van der Waals surface area contributed by atoms with Crippen molar-refractivity contribution in [2.24, 2.45) is 0 Å². The Morgan fingerprint density at radius 3 is 3.18 bits per heavy atom. The van der Waals surface area contributed by atoms with Crippen molar-refractivity contribution in [3.63, 3.8) is 0 Å².